The van der Waals surface area contributed by atoms with Gasteiger partial charge in [0.15, 0.2) is 0 Å². The van der Waals surface area contributed by atoms with Crippen LogP contribution in [-0.2, 0) is 6.18 Å². The third-order valence-corrected chi connectivity index (χ3v) is 4.58. The van der Waals surface area contributed by atoms with E-state index in [1.54, 1.807) is 6.07 Å². The number of aromatic nitrogens is 1. The second kappa shape index (κ2) is 8.73. The summed E-state index contributed by atoms with van der Waals surface area (Å²) in [5.41, 5.74) is 0.355. The average Bonchev–Trinajstić information content (AvgIpc) is 2.68. The minimum absolute atomic E-state index is 0.0354. The number of halogens is 5. The lowest BCUT2D eigenvalue weighted by Crippen LogP contribution is -2.34. The Morgan fingerprint density at radius 1 is 0.900 bits per heavy atom. The molecule has 0 bridgehead atoms. The van der Waals surface area contributed by atoms with Gasteiger partial charge in [-0.1, -0.05) is 41.4 Å². The molecule has 3 rings (SSSR count). The summed E-state index contributed by atoms with van der Waals surface area (Å²) in [7, 11) is 0. The van der Waals surface area contributed by atoms with E-state index in [0.29, 0.717) is 11.3 Å². The molecule has 0 radical (unpaired) electrons. The van der Waals surface area contributed by atoms with E-state index in [2.05, 4.69) is 15.6 Å². The monoisotopic (exact) mass is 453 g/mol. The summed E-state index contributed by atoms with van der Waals surface area (Å²) in [6.07, 6.45) is -3.11. The number of hydrogen-bond acceptors (Lipinski definition) is 3. The summed E-state index contributed by atoms with van der Waals surface area (Å²) in [5, 5.41) is 4.71. The van der Waals surface area contributed by atoms with E-state index in [4.69, 9.17) is 23.2 Å². The fourth-order valence-electron chi connectivity index (χ4n) is 2.51. The molecule has 0 unspecified atom stereocenters. The molecule has 0 aliphatic rings. The number of imide groups is 1. The highest BCUT2D eigenvalue weighted by molar-refractivity contribution is 6.40. The number of rotatable bonds is 3. The van der Waals surface area contributed by atoms with Crippen LogP contribution in [0.2, 0.25) is 10.0 Å². The van der Waals surface area contributed by atoms with E-state index in [1.165, 1.54) is 42.6 Å². The Bertz CT molecular complexity index is 1070. The van der Waals surface area contributed by atoms with Crippen LogP contribution in [0.15, 0.2) is 60.8 Å². The molecule has 2 aromatic carbocycles. The summed E-state index contributed by atoms with van der Waals surface area (Å²) in [6.45, 7) is 0. The summed E-state index contributed by atoms with van der Waals surface area (Å²) >= 11 is 11.9. The lowest BCUT2D eigenvalue weighted by atomic mass is 10.1. The van der Waals surface area contributed by atoms with Gasteiger partial charge in [0, 0.05) is 5.56 Å². The minimum Gasteiger partial charge on any atom is -0.306 e. The Hall–Kier alpha value is -3.10. The van der Waals surface area contributed by atoms with Crippen molar-refractivity contribution in [3.05, 3.63) is 82.0 Å². The number of carbonyl (C=O) groups excluding carboxylic acids is 2. The Morgan fingerprint density at radius 2 is 1.53 bits per heavy atom. The van der Waals surface area contributed by atoms with E-state index in [9.17, 15) is 22.8 Å². The molecule has 30 heavy (non-hydrogen) atoms. The molecule has 0 saturated heterocycles. The van der Waals surface area contributed by atoms with Crippen LogP contribution in [-0.4, -0.2) is 16.9 Å². The summed E-state index contributed by atoms with van der Waals surface area (Å²) in [4.78, 5) is 28.3. The van der Waals surface area contributed by atoms with Gasteiger partial charge in [-0.15, -0.1) is 0 Å². The van der Waals surface area contributed by atoms with Gasteiger partial charge >= 0.3 is 12.2 Å². The van der Waals surface area contributed by atoms with E-state index in [1.807, 2.05) is 0 Å². The molecule has 154 valence electrons. The molecule has 1 aromatic heterocycles. The molecular formula is C20H12Cl2F3N3O2. The average molecular weight is 454 g/mol. The first-order chi connectivity index (χ1) is 14.1. The molecule has 10 heteroatoms. The number of alkyl halides is 3. The fraction of sp³-hybridized carbons (Fsp3) is 0.0500. The Labute approximate surface area is 178 Å². The van der Waals surface area contributed by atoms with Crippen LogP contribution in [0.5, 0.6) is 0 Å². The number of anilines is 1. The molecule has 0 aliphatic carbocycles. The zero-order chi connectivity index (χ0) is 21.9. The van der Waals surface area contributed by atoms with Crippen molar-refractivity contribution < 1.29 is 22.8 Å². The highest BCUT2D eigenvalue weighted by Gasteiger charge is 2.30. The number of pyridine rings is 1. The molecule has 2 N–H and O–H groups in total. The van der Waals surface area contributed by atoms with E-state index in [-0.39, 0.29) is 21.3 Å². The second-order valence-electron chi connectivity index (χ2n) is 6.01. The molecule has 0 fully saturated rings. The van der Waals surface area contributed by atoms with Gasteiger partial charge < -0.3 is 5.32 Å². The number of carbonyl (C=O) groups is 2. The first-order valence-electron chi connectivity index (χ1n) is 8.35. The largest absolute Gasteiger partial charge is 0.416 e. The van der Waals surface area contributed by atoms with E-state index < -0.39 is 23.7 Å². The number of benzene rings is 2. The van der Waals surface area contributed by atoms with Gasteiger partial charge in [0.05, 0.1) is 38.8 Å². The van der Waals surface area contributed by atoms with Gasteiger partial charge in [0.2, 0.25) is 0 Å². The molecule has 5 nitrogen and oxygen atoms in total. The zero-order valence-corrected chi connectivity index (χ0v) is 16.4. The predicted octanol–water partition coefficient (Wildman–Crippen LogP) is 6.04. The molecule has 0 spiro atoms. The van der Waals surface area contributed by atoms with Crippen LogP contribution in [0, 0.1) is 0 Å². The molecule has 0 aliphatic heterocycles. The number of hydrogen-bond donors (Lipinski definition) is 2. The molecular weight excluding hydrogens is 442 g/mol. The van der Waals surface area contributed by atoms with Crippen molar-refractivity contribution in [2.75, 3.05) is 5.32 Å². The second-order valence-corrected chi connectivity index (χ2v) is 6.83. The summed E-state index contributed by atoms with van der Waals surface area (Å²) < 4.78 is 37.9. The van der Waals surface area contributed by atoms with Crippen molar-refractivity contribution in [1.82, 2.24) is 10.3 Å². The quantitative estimate of drug-likeness (QED) is 0.507. The van der Waals surface area contributed by atoms with Gasteiger partial charge in [-0.2, -0.15) is 13.2 Å². The highest BCUT2D eigenvalue weighted by Crippen LogP contribution is 2.30. The maximum atomic E-state index is 12.6. The Balaban J connectivity index is 1.65. The minimum atomic E-state index is -4.42. The van der Waals surface area contributed by atoms with Crippen molar-refractivity contribution >= 4 is 40.8 Å². The van der Waals surface area contributed by atoms with Crippen molar-refractivity contribution in [2.45, 2.75) is 6.18 Å². The normalized spacial score (nSPS) is 11.1. The number of nitrogens with one attached hydrogen (secondary N) is 2. The number of urea groups is 1. The maximum Gasteiger partial charge on any atom is 0.416 e. The van der Waals surface area contributed by atoms with Crippen LogP contribution in [0.4, 0.5) is 23.7 Å². The standard InChI is InChI=1S/C20H12Cl2F3N3O2/c21-14-2-1-3-15(22)17(14)18(29)28-19(30)27-13-8-9-16(26-10-13)11-4-6-12(7-5-11)20(23,24)25/h1-10H,(H2,27,28,29,30). The van der Waals surface area contributed by atoms with Crippen molar-refractivity contribution in [2.24, 2.45) is 0 Å². The molecule has 1 heterocycles. The van der Waals surface area contributed by atoms with Crippen LogP contribution in [0.3, 0.4) is 0 Å². The lowest BCUT2D eigenvalue weighted by molar-refractivity contribution is -0.137. The Kier molecular flexibility index (Phi) is 6.28. The van der Waals surface area contributed by atoms with Gasteiger partial charge in [-0.25, -0.2) is 4.79 Å². The topological polar surface area (TPSA) is 71.1 Å². The van der Waals surface area contributed by atoms with Crippen molar-refractivity contribution in [1.29, 1.82) is 0 Å². The first kappa shape index (κ1) is 21.6. The SMILES string of the molecule is O=C(NC(=O)c1c(Cl)cccc1Cl)Nc1ccc(-c2ccc(C(F)(F)F)cc2)nc1. The number of amides is 3. The lowest BCUT2D eigenvalue weighted by Gasteiger charge is -2.10. The molecule has 0 atom stereocenters. The first-order valence-corrected chi connectivity index (χ1v) is 9.11. The predicted molar refractivity (Wildman–Crippen MR) is 108 cm³/mol. The van der Waals surface area contributed by atoms with Gasteiger partial charge in [0.25, 0.3) is 5.91 Å². The fourth-order valence-corrected chi connectivity index (χ4v) is 3.08. The highest BCUT2D eigenvalue weighted by atomic mass is 35.5. The zero-order valence-electron chi connectivity index (χ0n) is 14.9. The number of nitrogens with zero attached hydrogens (tertiary/aromatic N) is 1. The van der Waals surface area contributed by atoms with Crippen LogP contribution < -0.4 is 10.6 Å². The van der Waals surface area contributed by atoms with Gasteiger partial charge in [-0.3, -0.25) is 15.1 Å². The van der Waals surface area contributed by atoms with Crippen LogP contribution in [0.1, 0.15) is 15.9 Å². The summed E-state index contributed by atoms with van der Waals surface area (Å²) in [6, 6.07) is 11.2. The Morgan fingerprint density at radius 3 is 2.07 bits per heavy atom. The maximum absolute atomic E-state index is 12.6. The molecule has 3 amide bonds. The summed E-state index contributed by atoms with van der Waals surface area (Å²) in [5.74, 6) is -0.780. The van der Waals surface area contributed by atoms with Crippen LogP contribution >= 0.6 is 23.2 Å². The third kappa shape index (κ3) is 5.08. The van der Waals surface area contributed by atoms with E-state index in [0.717, 1.165) is 12.1 Å². The van der Waals surface area contributed by atoms with E-state index >= 15 is 0 Å². The van der Waals surface area contributed by atoms with Crippen molar-refractivity contribution in [3.8, 4) is 11.3 Å². The smallest absolute Gasteiger partial charge is 0.306 e. The van der Waals surface area contributed by atoms with Gasteiger partial charge in [0.1, 0.15) is 0 Å². The van der Waals surface area contributed by atoms with Gasteiger partial charge in [-0.05, 0) is 36.4 Å². The molecule has 3 aromatic rings. The van der Waals surface area contributed by atoms with Crippen LogP contribution in [0.25, 0.3) is 11.3 Å². The molecule has 0 saturated carbocycles. The van der Waals surface area contributed by atoms with Crippen molar-refractivity contribution in [3.63, 3.8) is 0 Å². The third-order valence-electron chi connectivity index (χ3n) is 3.95.